The van der Waals surface area contributed by atoms with Gasteiger partial charge in [-0.25, -0.2) is 0 Å². The molecular weight excluding hydrogens is 206 g/mol. The molecule has 1 heteroatoms. The molecule has 0 bridgehead atoms. The summed E-state index contributed by atoms with van der Waals surface area (Å²) in [5.74, 6) is 0.626. The van der Waals surface area contributed by atoms with E-state index in [9.17, 15) is 0 Å². The predicted molar refractivity (Wildman–Crippen MR) is 76.4 cm³/mol. The molecule has 2 N–H and O–H groups in total. The molecule has 2 unspecified atom stereocenters. The Kier molecular flexibility index (Phi) is 6.28. The molecule has 0 radical (unpaired) electrons. The van der Waals surface area contributed by atoms with E-state index in [-0.39, 0.29) is 0 Å². The monoisotopic (exact) mass is 233 g/mol. The first-order valence-electron chi connectivity index (χ1n) is 6.98. The van der Waals surface area contributed by atoms with Gasteiger partial charge in [0.05, 0.1) is 0 Å². The molecule has 1 aromatic carbocycles. The van der Waals surface area contributed by atoms with Crippen molar-refractivity contribution in [3.63, 3.8) is 0 Å². The smallest absolute Gasteiger partial charge is 0.00106 e. The van der Waals surface area contributed by atoms with Gasteiger partial charge in [0.25, 0.3) is 0 Å². The highest BCUT2D eigenvalue weighted by Gasteiger charge is 2.06. The maximum Gasteiger partial charge on any atom is 0.00106 e. The standard InChI is InChI=1S/C16H27N/c1-4-5-6-15-9-11-16(12-10-15)13(2)7-8-14(3)17/h9-14H,4-8,17H2,1-3H3. The highest BCUT2D eigenvalue weighted by atomic mass is 14.6. The van der Waals surface area contributed by atoms with Crippen LogP contribution in [-0.2, 0) is 6.42 Å². The van der Waals surface area contributed by atoms with Crippen LogP contribution in [0.1, 0.15) is 63.5 Å². The molecule has 1 rings (SSSR count). The van der Waals surface area contributed by atoms with Crippen molar-refractivity contribution in [2.45, 2.75) is 64.8 Å². The molecule has 0 saturated carbocycles. The summed E-state index contributed by atoms with van der Waals surface area (Å²) >= 11 is 0. The van der Waals surface area contributed by atoms with Gasteiger partial charge in [0.2, 0.25) is 0 Å². The quantitative estimate of drug-likeness (QED) is 0.748. The Morgan fingerprint density at radius 1 is 1.06 bits per heavy atom. The van der Waals surface area contributed by atoms with E-state index in [1.807, 2.05) is 0 Å². The summed E-state index contributed by atoms with van der Waals surface area (Å²) in [5.41, 5.74) is 8.72. The highest BCUT2D eigenvalue weighted by Crippen LogP contribution is 2.21. The van der Waals surface area contributed by atoms with Crippen LogP contribution in [0, 0.1) is 0 Å². The summed E-state index contributed by atoms with van der Waals surface area (Å²) in [6.07, 6.45) is 6.07. The van der Waals surface area contributed by atoms with Crippen molar-refractivity contribution < 1.29 is 0 Å². The lowest BCUT2D eigenvalue weighted by Gasteiger charge is -2.14. The van der Waals surface area contributed by atoms with E-state index in [1.54, 1.807) is 0 Å². The summed E-state index contributed by atoms with van der Waals surface area (Å²) in [7, 11) is 0. The maximum atomic E-state index is 5.80. The lowest BCUT2D eigenvalue weighted by atomic mass is 9.93. The topological polar surface area (TPSA) is 26.0 Å². The van der Waals surface area contributed by atoms with Crippen molar-refractivity contribution in [1.82, 2.24) is 0 Å². The number of unbranched alkanes of at least 4 members (excludes halogenated alkanes) is 1. The average Bonchev–Trinajstić information content (AvgIpc) is 2.34. The molecule has 0 aliphatic heterocycles. The van der Waals surface area contributed by atoms with Crippen LogP contribution < -0.4 is 5.73 Å². The number of benzene rings is 1. The van der Waals surface area contributed by atoms with Crippen LogP contribution in [0.2, 0.25) is 0 Å². The molecule has 1 aromatic rings. The average molecular weight is 233 g/mol. The molecule has 0 amide bonds. The predicted octanol–water partition coefficient (Wildman–Crippen LogP) is 4.26. The lowest BCUT2D eigenvalue weighted by molar-refractivity contribution is 0.569. The van der Waals surface area contributed by atoms with Gasteiger partial charge in [-0.05, 0) is 49.7 Å². The molecule has 17 heavy (non-hydrogen) atoms. The molecule has 96 valence electrons. The fourth-order valence-electron chi connectivity index (χ4n) is 2.07. The zero-order valence-corrected chi connectivity index (χ0v) is 11.6. The van der Waals surface area contributed by atoms with E-state index in [2.05, 4.69) is 45.0 Å². The van der Waals surface area contributed by atoms with Gasteiger partial charge in [-0.3, -0.25) is 0 Å². The Hall–Kier alpha value is -0.820. The van der Waals surface area contributed by atoms with E-state index in [4.69, 9.17) is 5.73 Å². The zero-order valence-electron chi connectivity index (χ0n) is 11.6. The number of hydrogen-bond acceptors (Lipinski definition) is 1. The van der Waals surface area contributed by atoms with Crippen LogP contribution in [0.4, 0.5) is 0 Å². The molecule has 2 atom stereocenters. The minimum absolute atomic E-state index is 0.321. The number of nitrogens with two attached hydrogens (primary N) is 1. The van der Waals surface area contributed by atoms with Crippen molar-refractivity contribution in [2.24, 2.45) is 5.73 Å². The van der Waals surface area contributed by atoms with Gasteiger partial charge in [-0.2, -0.15) is 0 Å². The Morgan fingerprint density at radius 3 is 2.24 bits per heavy atom. The second-order valence-electron chi connectivity index (χ2n) is 5.30. The van der Waals surface area contributed by atoms with E-state index in [0.29, 0.717) is 12.0 Å². The number of rotatable bonds is 7. The fourth-order valence-corrected chi connectivity index (χ4v) is 2.07. The summed E-state index contributed by atoms with van der Waals surface area (Å²) in [4.78, 5) is 0. The van der Waals surface area contributed by atoms with Gasteiger partial charge in [-0.15, -0.1) is 0 Å². The van der Waals surface area contributed by atoms with Gasteiger partial charge in [0.1, 0.15) is 0 Å². The largest absolute Gasteiger partial charge is 0.328 e. The van der Waals surface area contributed by atoms with Crippen LogP contribution in [-0.4, -0.2) is 6.04 Å². The molecule has 0 spiro atoms. The summed E-state index contributed by atoms with van der Waals surface area (Å²) < 4.78 is 0. The van der Waals surface area contributed by atoms with Crippen LogP contribution in [0.3, 0.4) is 0 Å². The van der Waals surface area contributed by atoms with Crippen molar-refractivity contribution in [3.8, 4) is 0 Å². The van der Waals surface area contributed by atoms with Crippen molar-refractivity contribution in [2.75, 3.05) is 0 Å². The first-order valence-corrected chi connectivity index (χ1v) is 6.98. The summed E-state index contributed by atoms with van der Waals surface area (Å²) in [6.45, 7) is 6.62. The second kappa shape index (κ2) is 7.50. The van der Waals surface area contributed by atoms with Crippen molar-refractivity contribution in [3.05, 3.63) is 35.4 Å². The minimum atomic E-state index is 0.321. The second-order valence-corrected chi connectivity index (χ2v) is 5.30. The molecule has 0 aliphatic rings. The number of hydrogen-bond donors (Lipinski definition) is 1. The Balaban J connectivity index is 2.48. The third-order valence-corrected chi connectivity index (χ3v) is 3.42. The molecule has 1 nitrogen and oxygen atoms in total. The Labute approximate surface area is 106 Å². The molecule has 0 aliphatic carbocycles. The lowest BCUT2D eigenvalue weighted by Crippen LogP contribution is -2.15. The normalized spacial score (nSPS) is 14.6. The third-order valence-electron chi connectivity index (χ3n) is 3.42. The molecule has 0 aromatic heterocycles. The molecular formula is C16H27N. The Morgan fingerprint density at radius 2 is 1.71 bits per heavy atom. The summed E-state index contributed by atoms with van der Waals surface area (Å²) in [6, 6.07) is 9.47. The van der Waals surface area contributed by atoms with Crippen LogP contribution in [0.25, 0.3) is 0 Å². The fraction of sp³-hybridized carbons (Fsp3) is 0.625. The Bertz CT molecular complexity index is 300. The number of aryl methyl sites for hydroxylation is 1. The zero-order chi connectivity index (χ0) is 12.7. The van der Waals surface area contributed by atoms with E-state index in [0.717, 1.165) is 6.42 Å². The first-order chi connectivity index (χ1) is 8.13. The van der Waals surface area contributed by atoms with Crippen LogP contribution in [0.5, 0.6) is 0 Å². The van der Waals surface area contributed by atoms with E-state index < -0.39 is 0 Å². The van der Waals surface area contributed by atoms with Gasteiger partial charge in [0, 0.05) is 6.04 Å². The van der Waals surface area contributed by atoms with Gasteiger partial charge in [0.15, 0.2) is 0 Å². The first kappa shape index (κ1) is 14.2. The van der Waals surface area contributed by atoms with Crippen LogP contribution in [0.15, 0.2) is 24.3 Å². The van der Waals surface area contributed by atoms with Crippen molar-refractivity contribution >= 4 is 0 Å². The third kappa shape index (κ3) is 5.36. The molecule has 0 fully saturated rings. The minimum Gasteiger partial charge on any atom is -0.328 e. The molecule has 0 saturated heterocycles. The summed E-state index contributed by atoms with van der Waals surface area (Å²) in [5, 5.41) is 0. The SMILES string of the molecule is CCCCc1ccc(C(C)CCC(C)N)cc1. The van der Waals surface area contributed by atoms with Gasteiger partial charge < -0.3 is 5.73 Å². The van der Waals surface area contributed by atoms with Gasteiger partial charge >= 0.3 is 0 Å². The van der Waals surface area contributed by atoms with Crippen LogP contribution >= 0.6 is 0 Å². The van der Waals surface area contributed by atoms with E-state index >= 15 is 0 Å². The highest BCUT2D eigenvalue weighted by molar-refractivity contribution is 5.25. The molecule has 0 heterocycles. The maximum absolute atomic E-state index is 5.80. The van der Waals surface area contributed by atoms with Gasteiger partial charge in [-0.1, -0.05) is 44.5 Å². The van der Waals surface area contributed by atoms with E-state index in [1.165, 1.54) is 36.8 Å². The van der Waals surface area contributed by atoms with Crippen molar-refractivity contribution in [1.29, 1.82) is 0 Å².